The van der Waals surface area contributed by atoms with E-state index in [1.54, 1.807) is 18.2 Å². The summed E-state index contributed by atoms with van der Waals surface area (Å²) in [5.74, 6) is -0.300. The molecule has 1 aliphatic heterocycles. The lowest BCUT2D eigenvalue weighted by Gasteiger charge is -2.36. The van der Waals surface area contributed by atoms with E-state index in [-0.39, 0.29) is 5.91 Å². The molecule has 1 saturated heterocycles. The third kappa shape index (κ3) is 3.97. The minimum Gasteiger partial charge on any atom is -0.480 e. The minimum atomic E-state index is -0.935. The molecule has 0 aromatic carbocycles. The van der Waals surface area contributed by atoms with Crippen molar-refractivity contribution >= 4 is 33.9 Å². The number of piperidine rings is 1. The molecule has 2 atom stereocenters. The van der Waals surface area contributed by atoms with Gasteiger partial charge in [-0.25, -0.2) is 4.79 Å². The first-order valence-corrected chi connectivity index (χ1v) is 7.77. The molecular weight excluding hydrogens is 338 g/mol. The minimum absolute atomic E-state index is 0.288. The molecule has 2 unspecified atom stereocenters. The number of carbonyl (C=O) groups is 2. The highest BCUT2D eigenvalue weighted by Crippen LogP contribution is 2.26. The number of rotatable bonds is 4. The fourth-order valence-corrected chi connectivity index (χ4v) is 2.89. The van der Waals surface area contributed by atoms with Crippen molar-refractivity contribution in [1.82, 2.24) is 4.90 Å². The van der Waals surface area contributed by atoms with Crippen LogP contribution in [0.5, 0.6) is 0 Å². The van der Waals surface area contributed by atoms with Gasteiger partial charge in [-0.15, -0.1) is 0 Å². The third-order valence-electron chi connectivity index (χ3n) is 3.84. The molecule has 21 heavy (non-hydrogen) atoms. The highest BCUT2D eigenvalue weighted by molar-refractivity contribution is 9.10. The number of carbonyl (C=O) groups excluding carboxylic acids is 1. The zero-order valence-electron chi connectivity index (χ0n) is 11.8. The Balaban J connectivity index is 2.06. The Morgan fingerprint density at radius 2 is 2.29 bits per heavy atom. The zero-order chi connectivity index (χ0) is 15.4. The Hall–Kier alpha value is -1.56. The van der Waals surface area contributed by atoms with Crippen molar-refractivity contribution in [3.05, 3.63) is 28.6 Å². The van der Waals surface area contributed by atoms with Crippen LogP contribution in [-0.4, -0.2) is 34.5 Å². The van der Waals surface area contributed by atoms with Crippen molar-refractivity contribution < 1.29 is 19.1 Å². The van der Waals surface area contributed by atoms with E-state index >= 15 is 0 Å². The summed E-state index contributed by atoms with van der Waals surface area (Å²) >= 11 is 3.19. The summed E-state index contributed by atoms with van der Waals surface area (Å²) < 4.78 is 5.86. The lowest BCUT2D eigenvalue weighted by molar-refractivity contribution is -0.151. The number of aliphatic carboxylic acids is 1. The lowest BCUT2D eigenvalue weighted by Crippen LogP contribution is -2.49. The maximum atomic E-state index is 12.2. The number of likely N-dealkylation sites (tertiary alicyclic amines) is 1. The molecule has 0 aliphatic carbocycles. The number of hydrogen-bond acceptors (Lipinski definition) is 3. The van der Waals surface area contributed by atoms with Crippen LogP contribution in [0.3, 0.4) is 0 Å². The highest BCUT2D eigenvalue weighted by Gasteiger charge is 2.34. The molecule has 1 aromatic heterocycles. The van der Waals surface area contributed by atoms with Gasteiger partial charge < -0.3 is 14.4 Å². The van der Waals surface area contributed by atoms with Crippen LogP contribution in [0.4, 0.5) is 0 Å². The fourth-order valence-electron chi connectivity index (χ4n) is 2.57. The number of hydrogen-bond donors (Lipinski definition) is 1. The van der Waals surface area contributed by atoms with Gasteiger partial charge in [0.05, 0.1) is 0 Å². The second-order valence-corrected chi connectivity index (χ2v) is 5.94. The normalized spacial score (nSPS) is 22.7. The van der Waals surface area contributed by atoms with Crippen LogP contribution in [0.2, 0.25) is 0 Å². The van der Waals surface area contributed by atoms with E-state index in [0.29, 0.717) is 29.3 Å². The Labute approximate surface area is 131 Å². The molecule has 1 fully saturated rings. The molecular formula is C15H18BrNO4. The first-order valence-electron chi connectivity index (χ1n) is 6.98. The summed E-state index contributed by atoms with van der Waals surface area (Å²) in [5.41, 5.74) is 0. The number of amides is 1. The Morgan fingerprint density at radius 1 is 1.52 bits per heavy atom. The molecule has 0 radical (unpaired) electrons. The second-order valence-electron chi connectivity index (χ2n) is 5.16. The first kappa shape index (κ1) is 15.8. The van der Waals surface area contributed by atoms with Crippen molar-refractivity contribution in [2.24, 2.45) is 5.92 Å². The summed E-state index contributed by atoms with van der Waals surface area (Å²) in [6.07, 6.45) is 5.25. The van der Waals surface area contributed by atoms with Crippen LogP contribution in [0.15, 0.2) is 27.3 Å². The van der Waals surface area contributed by atoms with Crippen molar-refractivity contribution in [3.63, 3.8) is 0 Å². The molecule has 5 nitrogen and oxygen atoms in total. The SMILES string of the molecule is CCC1CCN(C(=O)/C=C/c2ccc(Br)o2)C(C(=O)O)C1. The molecule has 2 heterocycles. The van der Waals surface area contributed by atoms with Crippen LogP contribution in [0.25, 0.3) is 6.08 Å². The topological polar surface area (TPSA) is 70.8 Å². The van der Waals surface area contributed by atoms with E-state index in [1.165, 1.54) is 11.0 Å². The molecule has 6 heteroatoms. The molecule has 114 valence electrons. The summed E-state index contributed by atoms with van der Waals surface area (Å²) in [7, 11) is 0. The Bertz CT molecular complexity index is 552. The van der Waals surface area contributed by atoms with Crippen LogP contribution < -0.4 is 0 Å². The van der Waals surface area contributed by atoms with Crippen LogP contribution >= 0.6 is 15.9 Å². The van der Waals surface area contributed by atoms with Gasteiger partial charge >= 0.3 is 5.97 Å². The fraction of sp³-hybridized carbons (Fsp3) is 0.467. The number of carboxylic acids is 1. The van der Waals surface area contributed by atoms with Gasteiger partial charge in [-0.3, -0.25) is 4.79 Å². The van der Waals surface area contributed by atoms with Crippen molar-refractivity contribution in [2.75, 3.05) is 6.54 Å². The van der Waals surface area contributed by atoms with Gasteiger partial charge in [0, 0.05) is 12.6 Å². The molecule has 0 spiro atoms. The number of carboxylic acid groups (broad SMARTS) is 1. The van der Waals surface area contributed by atoms with Gasteiger partial charge in [0.15, 0.2) is 4.67 Å². The molecule has 0 bridgehead atoms. The van der Waals surface area contributed by atoms with Crippen molar-refractivity contribution in [1.29, 1.82) is 0 Å². The quantitative estimate of drug-likeness (QED) is 0.842. The average Bonchev–Trinajstić information content (AvgIpc) is 2.89. The van der Waals surface area contributed by atoms with Gasteiger partial charge in [-0.1, -0.05) is 13.3 Å². The Morgan fingerprint density at radius 3 is 2.86 bits per heavy atom. The Kier molecular flexibility index (Phi) is 5.22. The van der Waals surface area contributed by atoms with E-state index in [2.05, 4.69) is 22.9 Å². The van der Waals surface area contributed by atoms with Crippen LogP contribution in [0, 0.1) is 5.92 Å². The van der Waals surface area contributed by atoms with E-state index in [0.717, 1.165) is 12.8 Å². The van der Waals surface area contributed by atoms with Gasteiger partial charge in [-0.05, 0) is 52.9 Å². The van der Waals surface area contributed by atoms with Crippen molar-refractivity contribution in [2.45, 2.75) is 32.2 Å². The predicted octanol–water partition coefficient (Wildman–Crippen LogP) is 3.16. The van der Waals surface area contributed by atoms with Gasteiger partial charge in [0.2, 0.25) is 5.91 Å². The molecule has 1 aromatic rings. The van der Waals surface area contributed by atoms with Gasteiger partial charge in [-0.2, -0.15) is 0 Å². The molecule has 0 saturated carbocycles. The van der Waals surface area contributed by atoms with Gasteiger partial charge in [0.25, 0.3) is 0 Å². The third-order valence-corrected chi connectivity index (χ3v) is 4.27. The lowest BCUT2D eigenvalue weighted by atomic mass is 9.89. The van der Waals surface area contributed by atoms with E-state index in [4.69, 9.17) is 4.42 Å². The van der Waals surface area contributed by atoms with Gasteiger partial charge in [0.1, 0.15) is 11.8 Å². The standard InChI is InChI=1S/C15H18BrNO4/c1-2-10-7-8-17(12(9-10)15(19)20)14(18)6-4-11-3-5-13(16)21-11/h3-6,10,12H,2,7-9H2,1H3,(H,19,20)/b6-4+. The predicted molar refractivity (Wildman–Crippen MR) is 81.6 cm³/mol. The summed E-state index contributed by atoms with van der Waals surface area (Å²) in [6.45, 7) is 2.54. The monoisotopic (exact) mass is 355 g/mol. The largest absolute Gasteiger partial charge is 0.480 e. The smallest absolute Gasteiger partial charge is 0.326 e. The second kappa shape index (κ2) is 6.93. The van der Waals surface area contributed by atoms with Crippen molar-refractivity contribution in [3.8, 4) is 0 Å². The highest BCUT2D eigenvalue weighted by atomic mass is 79.9. The molecule has 1 amide bonds. The number of furan rings is 1. The number of halogens is 1. The van der Waals surface area contributed by atoms with Crippen LogP contribution in [-0.2, 0) is 9.59 Å². The van der Waals surface area contributed by atoms with E-state index in [9.17, 15) is 14.7 Å². The maximum Gasteiger partial charge on any atom is 0.326 e. The molecule has 1 aliphatic rings. The summed E-state index contributed by atoms with van der Waals surface area (Å²) in [4.78, 5) is 25.0. The maximum absolute atomic E-state index is 12.2. The average molecular weight is 356 g/mol. The summed E-state index contributed by atoms with van der Waals surface area (Å²) in [6, 6.07) is 2.73. The van der Waals surface area contributed by atoms with Crippen LogP contribution in [0.1, 0.15) is 31.9 Å². The summed E-state index contributed by atoms with van der Waals surface area (Å²) in [5, 5.41) is 9.32. The van der Waals surface area contributed by atoms with E-state index in [1.807, 2.05) is 0 Å². The molecule has 1 N–H and O–H groups in total. The first-order chi connectivity index (χ1) is 10.0. The molecule has 2 rings (SSSR count). The number of nitrogens with zero attached hydrogens (tertiary/aromatic N) is 1. The zero-order valence-corrected chi connectivity index (χ0v) is 13.4. The van der Waals surface area contributed by atoms with E-state index < -0.39 is 12.0 Å².